The Morgan fingerprint density at radius 2 is 2.06 bits per heavy atom. The smallest absolute Gasteiger partial charge is 0.142 e. The van der Waals surface area contributed by atoms with Crippen LogP contribution in [0.1, 0.15) is 18.9 Å². The minimum absolute atomic E-state index is 0.634. The first-order valence-electron chi connectivity index (χ1n) is 5.89. The molecule has 0 aliphatic rings. The summed E-state index contributed by atoms with van der Waals surface area (Å²) in [4.78, 5) is 2.24. The van der Waals surface area contributed by atoms with Crippen molar-refractivity contribution in [3.05, 3.63) is 42.1 Å². The van der Waals surface area contributed by atoms with Crippen LogP contribution in [0.15, 0.2) is 36.5 Å². The lowest BCUT2D eigenvalue weighted by Crippen LogP contribution is -2.23. The first-order chi connectivity index (χ1) is 8.31. The average Bonchev–Trinajstić information content (AvgIpc) is 2.76. The molecule has 2 aromatic rings. The molecule has 1 aromatic carbocycles. The van der Waals surface area contributed by atoms with Crippen molar-refractivity contribution in [3.8, 4) is 0 Å². The van der Waals surface area contributed by atoms with Crippen LogP contribution >= 0.6 is 0 Å². The van der Waals surface area contributed by atoms with Crippen molar-refractivity contribution in [2.45, 2.75) is 19.9 Å². The highest BCUT2D eigenvalue weighted by Gasteiger charge is 2.11. The summed E-state index contributed by atoms with van der Waals surface area (Å²) in [5.74, 6) is 0.634. The molecule has 0 radical (unpaired) electrons. The number of nitrogens with zero attached hydrogens (tertiary/aromatic N) is 2. The number of nitrogens with two attached hydrogens (primary N) is 1. The third-order valence-corrected chi connectivity index (χ3v) is 2.70. The molecule has 2 rings (SSSR count). The van der Waals surface area contributed by atoms with Crippen molar-refractivity contribution in [1.82, 2.24) is 10.2 Å². The number of hydrogen-bond acceptors (Lipinski definition) is 3. The predicted molar refractivity (Wildman–Crippen MR) is 70.8 cm³/mol. The maximum absolute atomic E-state index is 5.87. The van der Waals surface area contributed by atoms with E-state index in [1.54, 1.807) is 6.20 Å². The lowest BCUT2D eigenvalue weighted by molar-refractivity contribution is 0.769. The topological polar surface area (TPSA) is 57.9 Å². The molecule has 90 valence electrons. The van der Waals surface area contributed by atoms with Gasteiger partial charge < -0.3 is 10.6 Å². The number of aromatic nitrogens is 2. The summed E-state index contributed by atoms with van der Waals surface area (Å²) in [5, 5.41) is 6.75. The molecule has 4 nitrogen and oxygen atoms in total. The molecule has 0 saturated carbocycles. The molecular weight excluding hydrogens is 212 g/mol. The van der Waals surface area contributed by atoms with Crippen LogP contribution in [0.2, 0.25) is 0 Å². The highest BCUT2D eigenvalue weighted by molar-refractivity contribution is 5.62. The van der Waals surface area contributed by atoms with Gasteiger partial charge in [-0.25, -0.2) is 0 Å². The van der Waals surface area contributed by atoms with Gasteiger partial charge in [0.15, 0.2) is 0 Å². The zero-order valence-corrected chi connectivity index (χ0v) is 10.1. The Bertz CT molecular complexity index is 449. The SMILES string of the molecule is CCCN(Cc1ccccc1)c1cn[nH]c1N. The van der Waals surface area contributed by atoms with E-state index in [2.05, 4.69) is 46.3 Å². The Kier molecular flexibility index (Phi) is 3.65. The lowest BCUT2D eigenvalue weighted by atomic mass is 10.2. The number of anilines is 2. The van der Waals surface area contributed by atoms with E-state index in [9.17, 15) is 0 Å². The molecular formula is C13H18N4. The highest BCUT2D eigenvalue weighted by atomic mass is 15.2. The summed E-state index contributed by atoms with van der Waals surface area (Å²) >= 11 is 0. The van der Waals surface area contributed by atoms with Crippen LogP contribution in [0.3, 0.4) is 0 Å². The lowest BCUT2D eigenvalue weighted by Gasteiger charge is -2.23. The second-order valence-corrected chi connectivity index (χ2v) is 4.08. The quantitative estimate of drug-likeness (QED) is 0.829. The number of rotatable bonds is 5. The van der Waals surface area contributed by atoms with Gasteiger partial charge in [0.1, 0.15) is 5.82 Å². The third-order valence-electron chi connectivity index (χ3n) is 2.70. The van der Waals surface area contributed by atoms with Gasteiger partial charge in [0.25, 0.3) is 0 Å². The predicted octanol–water partition coefficient (Wildman–Crippen LogP) is 2.41. The summed E-state index contributed by atoms with van der Waals surface area (Å²) in [6.45, 7) is 3.99. The standard InChI is InChI=1S/C13H18N4/c1-2-8-17(12-9-15-16-13(12)14)10-11-6-4-3-5-7-11/h3-7,9H,2,8,10H2,1H3,(H3,14,15,16). The molecule has 0 saturated heterocycles. The van der Waals surface area contributed by atoms with Crippen LogP contribution in [0, 0.1) is 0 Å². The van der Waals surface area contributed by atoms with Gasteiger partial charge >= 0.3 is 0 Å². The van der Waals surface area contributed by atoms with Crippen LogP contribution in [-0.4, -0.2) is 16.7 Å². The maximum Gasteiger partial charge on any atom is 0.142 e. The van der Waals surface area contributed by atoms with Gasteiger partial charge in [0.2, 0.25) is 0 Å². The van der Waals surface area contributed by atoms with E-state index in [0.717, 1.165) is 25.2 Å². The normalized spacial score (nSPS) is 10.4. The molecule has 1 heterocycles. The number of nitrogen functional groups attached to an aromatic ring is 1. The minimum atomic E-state index is 0.634. The zero-order chi connectivity index (χ0) is 12.1. The van der Waals surface area contributed by atoms with Gasteiger partial charge in [-0.1, -0.05) is 37.3 Å². The Hall–Kier alpha value is -1.97. The van der Waals surface area contributed by atoms with E-state index in [4.69, 9.17) is 5.73 Å². The molecule has 0 atom stereocenters. The molecule has 0 aliphatic carbocycles. The second-order valence-electron chi connectivity index (χ2n) is 4.08. The molecule has 0 aliphatic heterocycles. The fraction of sp³-hybridized carbons (Fsp3) is 0.308. The maximum atomic E-state index is 5.87. The number of H-pyrrole nitrogens is 1. The zero-order valence-electron chi connectivity index (χ0n) is 10.1. The molecule has 0 fully saturated rings. The third kappa shape index (κ3) is 2.78. The fourth-order valence-electron chi connectivity index (χ4n) is 1.90. The largest absolute Gasteiger partial charge is 0.382 e. The molecule has 1 aromatic heterocycles. The van der Waals surface area contributed by atoms with Gasteiger partial charge in [0.05, 0.1) is 11.9 Å². The molecule has 0 amide bonds. The van der Waals surface area contributed by atoms with E-state index in [1.165, 1.54) is 5.56 Å². The van der Waals surface area contributed by atoms with Crippen LogP contribution < -0.4 is 10.6 Å². The number of nitrogens with one attached hydrogen (secondary N) is 1. The van der Waals surface area contributed by atoms with Crippen LogP contribution in [-0.2, 0) is 6.54 Å². The van der Waals surface area contributed by atoms with E-state index >= 15 is 0 Å². The van der Waals surface area contributed by atoms with Crippen molar-refractivity contribution in [2.75, 3.05) is 17.2 Å². The minimum Gasteiger partial charge on any atom is -0.382 e. The molecule has 0 spiro atoms. The van der Waals surface area contributed by atoms with Crippen molar-refractivity contribution in [2.24, 2.45) is 0 Å². The molecule has 0 unspecified atom stereocenters. The van der Waals surface area contributed by atoms with Gasteiger partial charge in [-0.3, -0.25) is 5.10 Å². The molecule has 3 N–H and O–H groups in total. The van der Waals surface area contributed by atoms with Gasteiger partial charge in [-0.2, -0.15) is 5.10 Å². The van der Waals surface area contributed by atoms with Crippen molar-refractivity contribution in [1.29, 1.82) is 0 Å². The van der Waals surface area contributed by atoms with Gasteiger partial charge in [-0.05, 0) is 12.0 Å². The summed E-state index contributed by atoms with van der Waals surface area (Å²) in [6, 6.07) is 10.4. The van der Waals surface area contributed by atoms with Crippen LogP contribution in [0.5, 0.6) is 0 Å². The summed E-state index contributed by atoms with van der Waals surface area (Å²) in [7, 11) is 0. The van der Waals surface area contributed by atoms with Gasteiger partial charge in [0, 0.05) is 13.1 Å². The van der Waals surface area contributed by atoms with Crippen molar-refractivity contribution in [3.63, 3.8) is 0 Å². The molecule has 17 heavy (non-hydrogen) atoms. The first kappa shape index (κ1) is 11.5. The molecule has 4 heteroatoms. The van der Waals surface area contributed by atoms with E-state index < -0.39 is 0 Å². The van der Waals surface area contributed by atoms with Crippen molar-refractivity contribution < 1.29 is 0 Å². The fourth-order valence-corrected chi connectivity index (χ4v) is 1.90. The Morgan fingerprint density at radius 3 is 2.65 bits per heavy atom. The van der Waals surface area contributed by atoms with E-state index in [0.29, 0.717) is 5.82 Å². The Morgan fingerprint density at radius 1 is 1.29 bits per heavy atom. The molecule has 0 bridgehead atoms. The number of benzene rings is 1. The van der Waals surface area contributed by atoms with Gasteiger partial charge in [-0.15, -0.1) is 0 Å². The summed E-state index contributed by atoms with van der Waals surface area (Å²) in [5.41, 5.74) is 8.13. The summed E-state index contributed by atoms with van der Waals surface area (Å²) in [6.07, 6.45) is 2.87. The van der Waals surface area contributed by atoms with E-state index in [-0.39, 0.29) is 0 Å². The van der Waals surface area contributed by atoms with E-state index in [1.807, 2.05) is 6.07 Å². The van der Waals surface area contributed by atoms with Crippen LogP contribution in [0.25, 0.3) is 0 Å². The Labute approximate surface area is 101 Å². The average molecular weight is 230 g/mol. The van der Waals surface area contributed by atoms with Crippen molar-refractivity contribution >= 4 is 11.5 Å². The number of hydrogen-bond donors (Lipinski definition) is 2. The monoisotopic (exact) mass is 230 g/mol. The van der Waals surface area contributed by atoms with Crippen LogP contribution in [0.4, 0.5) is 11.5 Å². The first-order valence-corrected chi connectivity index (χ1v) is 5.89. The second kappa shape index (κ2) is 5.39. The summed E-state index contributed by atoms with van der Waals surface area (Å²) < 4.78 is 0. The number of aromatic amines is 1. The Balaban J connectivity index is 2.16. The highest BCUT2D eigenvalue weighted by Crippen LogP contribution is 2.22.